The maximum atomic E-state index is 12.4. The molecule has 0 aromatic carbocycles. The standard InChI is InChI=1S/C15H23N5O2S/c21-13(18-14-19-16-10-23-14)11-5-4-8-20(9-11)15(22)17-12-6-2-1-3-7-12/h10-12H,1-9H2,(H,17,22)(H,18,19,21). The number of aromatic nitrogens is 2. The number of carbonyl (C=O) groups excluding carboxylic acids is 2. The summed E-state index contributed by atoms with van der Waals surface area (Å²) in [5, 5.41) is 14.0. The number of nitrogens with one attached hydrogen (secondary N) is 2. The highest BCUT2D eigenvalue weighted by Crippen LogP contribution is 2.21. The molecule has 126 valence electrons. The molecule has 8 heteroatoms. The summed E-state index contributed by atoms with van der Waals surface area (Å²) in [7, 11) is 0. The Kier molecular flexibility index (Phi) is 5.43. The average Bonchev–Trinajstić information content (AvgIpc) is 3.09. The van der Waals surface area contributed by atoms with Crippen molar-refractivity contribution >= 4 is 28.4 Å². The van der Waals surface area contributed by atoms with Crippen LogP contribution in [0, 0.1) is 5.92 Å². The lowest BCUT2D eigenvalue weighted by Gasteiger charge is -2.33. The van der Waals surface area contributed by atoms with Crippen LogP contribution in [0.1, 0.15) is 44.9 Å². The van der Waals surface area contributed by atoms with E-state index >= 15 is 0 Å². The minimum atomic E-state index is -0.176. The largest absolute Gasteiger partial charge is 0.335 e. The van der Waals surface area contributed by atoms with Crippen LogP contribution in [0.25, 0.3) is 0 Å². The monoisotopic (exact) mass is 337 g/mol. The Bertz CT molecular complexity index is 530. The fourth-order valence-electron chi connectivity index (χ4n) is 3.32. The summed E-state index contributed by atoms with van der Waals surface area (Å²) in [6.45, 7) is 1.20. The van der Waals surface area contributed by atoms with Crippen molar-refractivity contribution in [1.82, 2.24) is 20.4 Å². The van der Waals surface area contributed by atoms with Crippen LogP contribution in [0.4, 0.5) is 9.93 Å². The average molecular weight is 337 g/mol. The van der Waals surface area contributed by atoms with Gasteiger partial charge in [-0.1, -0.05) is 30.6 Å². The van der Waals surface area contributed by atoms with Crippen LogP contribution in [-0.2, 0) is 4.79 Å². The minimum Gasteiger partial charge on any atom is -0.335 e. The third-order valence-corrected chi connectivity index (χ3v) is 5.21. The van der Waals surface area contributed by atoms with Crippen molar-refractivity contribution in [3.63, 3.8) is 0 Å². The summed E-state index contributed by atoms with van der Waals surface area (Å²) in [4.78, 5) is 26.5. The van der Waals surface area contributed by atoms with E-state index in [-0.39, 0.29) is 17.9 Å². The highest BCUT2D eigenvalue weighted by Gasteiger charge is 2.29. The number of anilines is 1. The van der Waals surface area contributed by atoms with Gasteiger partial charge in [-0.3, -0.25) is 4.79 Å². The lowest BCUT2D eigenvalue weighted by atomic mass is 9.95. The molecular formula is C15H23N5O2S. The Labute approximate surface area is 139 Å². The van der Waals surface area contributed by atoms with Gasteiger partial charge in [-0.2, -0.15) is 0 Å². The molecule has 0 radical (unpaired) electrons. The summed E-state index contributed by atoms with van der Waals surface area (Å²) >= 11 is 1.30. The summed E-state index contributed by atoms with van der Waals surface area (Å²) in [6, 6.07) is 0.275. The summed E-state index contributed by atoms with van der Waals surface area (Å²) in [5.74, 6) is -0.248. The zero-order chi connectivity index (χ0) is 16.1. The highest BCUT2D eigenvalue weighted by molar-refractivity contribution is 7.13. The fraction of sp³-hybridized carbons (Fsp3) is 0.733. The summed E-state index contributed by atoms with van der Waals surface area (Å²) in [5.41, 5.74) is 1.58. The Hall–Kier alpha value is -1.70. The van der Waals surface area contributed by atoms with Crippen LogP contribution in [0.15, 0.2) is 5.51 Å². The van der Waals surface area contributed by atoms with E-state index in [2.05, 4.69) is 20.8 Å². The Morgan fingerprint density at radius 3 is 2.74 bits per heavy atom. The molecule has 23 heavy (non-hydrogen) atoms. The second-order valence-electron chi connectivity index (χ2n) is 6.30. The van der Waals surface area contributed by atoms with Gasteiger partial charge in [0.1, 0.15) is 5.51 Å². The Morgan fingerprint density at radius 1 is 1.17 bits per heavy atom. The van der Waals surface area contributed by atoms with Crippen molar-refractivity contribution in [2.24, 2.45) is 5.92 Å². The number of rotatable bonds is 3. The number of hydrogen-bond acceptors (Lipinski definition) is 5. The van der Waals surface area contributed by atoms with Gasteiger partial charge in [-0.25, -0.2) is 4.79 Å². The maximum absolute atomic E-state index is 12.4. The molecule has 3 amide bonds. The summed E-state index contributed by atoms with van der Waals surface area (Å²) in [6.07, 6.45) is 7.45. The van der Waals surface area contributed by atoms with Gasteiger partial charge in [-0.15, -0.1) is 10.2 Å². The van der Waals surface area contributed by atoms with Gasteiger partial charge >= 0.3 is 6.03 Å². The van der Waals surface area contributed by atoms with E-state index in [9.17, 15) is 9.59 Å². The predicted octanol–water partition coefficient (Wildman–Crippen LogP) is 2.23. The molecule has 1 aromatic heterocycles. The zero-order valence-corrected chi connectivity index (χ0v) is 14.0. The molecule has 1 saturated heterocycles. The number of likely N-dealkylation sites (tertiary alicyclic amines) is 1. The minimum absolute atomic E-state index is 0.0229. The van der Waals surface area contributed by atoms with Gasteiger partial charge in [-0.05, 0) is 25.7 Å². The normalized spacial score (nSPS) is 22.6. The third-order valence-electron chi connectivity index (χ3n) is 4.60. The smallest absolute Gasteiger partial charge is 0.317 e. The first kappa shape index (κ1) is 16.2. The Balaban J connectivity index is 1.50. The van der Waals surface area contributed by atoms with Crippen molar-refractivity contribution in [2.75, 3.05) is 18.4 Å². The van der Waals surface area contributed by atoms with Gasteiger partial charge in [0.15, 0.2) is 0 Å². The molecule has 1 aromatic rings. The van der Waals surface area contributed by atoms with Gasteiger partial charge in [0.2, 0.25) is 11.0 Å². The zero-order valence-electron chi connectivity index (χ0n) is 13.2. The van der Waals surface area contributed by atoms with Crippen LogP contribution in [0.3, 0.4) is 0 Å². The van der Waals surface area contributed by atoms with Crippen LogP contribution >= 0.6 is 11.3 Å². The van der Waals surface area contributed by atoms with E-state index in [1.165, 1.54) is 30.6 Å². The quantitative estimate of drug-likeness (QED) is 0.885. The first-order chi connectivity index (χ1) is 11.2. The Morgan fingerprint density at radius 2 is 2.00 bits per heavy atom. The fourth-order valence-corrected chi connectivity index (χ4v) is 3.77. The molecule has 2 N–H and O–H groups in total. The van der Waals surface area contributed by atoms with Crippen molar-refractivity contribution in [1.29, 1.82) is 0 Å². The second-order valence-corrected chi connectivity index (χ2v) is 7.14. The number of amides is 3. The maximum Gasteiger partial charge on any atom is 0.317 e. The lowest BCUT2D eigenvalue weighted by molar-refractivity contribution is -0.121. The topological polar surface area (TPSA) is 87.2 Å². The van der Waals surface area contributed by atoms with Crippen LogP contribution in [-0.4, -0.2) is 46.2 Å². The number of piperidine rings is 1. The second kappa shape index (κ2) is 7.72. The summed E-state index contributed by atoms with van der Waals surface area (Å²) < 4.78 is 0. The molecule has 1 atom stereocenters. The van der Waals surface area contributed by atoms with Crippen molar-refractivity contribution < 1.29 is 9.59 Å². The number of hydrogen-bond donors (Lipinski definition) is 2. The SMILES string of the molecule is O=C(Nc1nncs1)C1CCCN(C(=O)NC2CCCCC2)C1. The molecule has 0 bridgehead atoms. The number of carbonyl (C=O) groups is 2. The molecule has 2 heterocycles. The predicted molar refractivity (Wildman–Crippen MR) is 88.2 cm³/mol. The molecule has 2 fully saturated rings. The molecular weight excluding hydrogens is 314 g/mol. The van der Waals surface area contributed by atoms with E-state index in [0.717, 1.165) is 32.2 Å². The molecule has 1 aliphatic carbocycles. The molecule has 1 aliphatic heterocycles. The van der Waals surface area contributed by atoms with Gasteiger partial charge < -0.3 is 15.5 Å². The first-order valence-corrected chi connectivity index (χ1v) is 9.23. The molecule has 1 unspecified atom stereocenters. The first-order valence-electron chi connectivity index (χ1n) is 8.35. The van der Waals surface area contributed by atoms with Crippen molar-refractivity contribution in [2.45, 2.75) is 51.0 Å². The lowest BCUT2D eigenvalue weighted by Crippen LogP contribution is -2.50. The van der Waals surface area contributed by atoms with Crippen LogP contribution in [0.2, 0.25) is 0 Å². The third kappa shape index (κ3) is 4.40. The van der Waals surface area contributed by atoms with E-state index in [1.54, 1.807) is 10.4 Å². The van der Waals surface area contributed by atoms with Gasteiger partial charge in [0, 0.05) is 19.1 Å². The van der Waals surface area contributed by atoms with Crippen LogP contribution < -0.4 is 10.6 Å². The molecule has 1 saturated carbocycles. The molecule has 0 spiro atoms. The number of urea groups is 1. The van der Waals surface area contributed by atoms with E-state index in [0.29, 0.717) is 17.7 Å². The molecule has 7 nitrogen and oxygen atoms in total. The van der Waals surface area contributed by atoms with E-state index in [1.807, 2.05) is 0 Å². The van der Waals surface area contributed by atoms with Gasteiger partial charge in [0.05, 0.1) is 5.92 Å². The van der Waals surface area contributed by atoms with Gasteiger partial charge in [0.25, 0.3) is 0 Å². The van der Waals surface area contributed by atoms with E-state index < -0.39 is 0 Å². The van der Waals surface area contributed by atoms with E-state index in [4.69, 9.17) is 0 Å². The highest BCUT2D eigenvalue weighted by atomic mass is 32.1. The number of nitrogens with zero attached hydrogens (tertiary/aromatic N) is 3. The van der Waals surface area contributed by atoms with Crippen LogP contribution in [0.5, 0.6) is 0 Å². The molecule has 2 aliphatic rings. The molecule has 3 rings (SSSR count). The van der Waals surface area contributed by atoms with Crippen molar-refractivity contribution in [3.05, 3.63) is 5.51 Å². The van der Waals surface area contributed by atoms with Crippen molar-refractivity contribution in [3.8, 4) is 0 Å².